The number of alkyl halides is 1. The molecule has 0 atom stereocenters. The zero-order valence-corrected chi connectivity index (χ0v) is 12.7. The van der Waals surface area contributed by atoms with Gasteiger partial charge in [-0.25, -0.2) is 0 Å². The molecule has 0 spiro atoms. The molecule has 1 aromatic carbocycles. The molecule has 0 aliphatic rings. The topological polar surface area (TPSA) is 38.3 Å². The van der Waals surface area contributed by atoms with Crippen molar-refractivity contribution in [2.24, 2.45) is 0 Å². The SMILES string of the molecule is Cc1c(Cl)cccc1C(=O)NCCCOCCBr. The zero-order valence-electron chi connectivity index (χ0n) is 10.3. The lowest BCUT2D eigenvalue weighted by atomic mass is 10.1. The molecule has 0 aliphatic heterocycles. The monoisotopic (exact) mass is 333 g/mol. The van der Waals surface area contributed by atoms with Crippen molar-refractivity contribution in [1.82, 2.24) is 5.32 Å². The van der Waals surface area contributed by atoms with E-state index in [1.807, 2.05) is 6.92 Å². The molecule has 0 radical (unpaired) electrons. The summed E-state index contributed by atoms with van der Waals surface area (Å²) in [6, 6.07) is 5.34. The molecule has 0 aromatic heterocycles. The Balaban J connectivity index is 2.35. The fourth-order valence-electron chi connectivity index (χ4n) is 1.48. The Bertz CT molecular complexity index is 399. The minimum Gasteiger partial charge on any atom is -0.381 e. The van der Waals surface area contributed by atoms with E-state index in [4.69, 9.17) is 16.3 Å². The second-order valence-electron chi connectivity index (χ2n) is 3.82. The maximum absolute atomic E-state index is 11.9. The van der Waals surface area contributed by atoms with Crippen molar-refractivity contribution in [2.45, 2.75) is 13.3 Å². The molecule has 1 aromatic rings. The minimum atomic E-state index is -0.0875. The smallest absolute Gasteiger partial charge is 0.251 e. The first-order valence-electron chi connectivity index (χ1n) is 5.84. The van der Waals surface area contributed by atoms with Crippen LogP contribution in [0.25, 0.3) is 0 Å². The third-order valence-electron chi connectivity index (χ3n) is 2.48. The van der Waals surface area contributed by atoms with Crippen LogP contribution in [-0.4, -0.2) is 31.0 Å². The predicted octanol–water partition coefficient (Wildman–Crippen LogP) is 3.18. The zero-order chi connectivity index (χ0) is 13.4. The van der Waals surface area contributed by atoms with Crippen molar-refractivity contribution < 1.29 is 9.53 Å². The van der Waals surface area contributed by atoms with Crippen LogP contribution in [0.15, 0.2) is 18.2 Å². The molecule has 0 bridgehead atoms. The van der Waals surface area contributed by atoms with Crippen molar-refractivity contribution >= 4 is 33.4 Å². The molecule has 0 fully saturated rings. The van der Waals surface area contributed by atoms with Crippen LogP contribution in [0.4, 0.5) is 0 Å². The van der Waals surface area contributed by atoms with Crippen LogP contribution in [0.1, 0.15) is 22.3 Å². The molecule has 1 N–H and O–H groups in total. The average molecular weight is 335 g/mol. The maximum atomic E-state index is 11.9. The molecular formula is C13H17BrClNO2. The van der Waals surface area contributed by atoms with Gasteiger partial charge in [0, 0.05) is 29.1 Å². The Morgan fingerprint density at radius 1 is 1.44 bits per heavy atom. The van der Waals surface area contributed by atoms with E-state index in [1.165, 1.54) is 0 Å². The molecule has 0 aliphatic carbocycles. The summed E-state index contributed by atoms with van der Waals surface area (Å²) < 4.78 is 5.29. The number of benzene rings is 1. The summed E-state index contributed by atoms with van der Waals surface area (Å²) in [4.78, 5) is 11.9. The Labute approximate surface area is 121 Å². The lowest BCUT2D eigenvalue weighted by Crippen LogP contribution is -2.26. The number of ether oxygens (including phenoxy) is 1. The number of carbonyl (C=O) groups excluding carboxylic acids is 1. The lowest BCUT2D eigenvalue weighted by Gasteiger charge is -2.08. The van der Waals surface area contributed by atoms with Crippen LogP contribution in [0.5, 0.6) is 0 Å². The fourth-order valence-corrected chi connectivity index (χ4v) is 1.88. The molecule has 0 saturated carbocycles. The normalized spacial score (nSPS) is 10.4. The minimum absolute atomic E-state index is 0.0875. The number of amides is 1. The number of carbonyl (C=O) groups is 1. The highest BCUT2D eigenvalue weighted by Crippen LogP contribution is 2.18. The quantitative estimate of drug-likeness (QED) is 0.614. The molecule has 0 heterocycles. The fraction of sp³-hybridized carbons (Fsp3) is 0.462. The van der Waals surface area contributed by atoms with Crippen molar-refractivity contribution in [3.8, 4) is 0 Å². The van der Waals surface area contributed by atoms with Crippen LogP contribution >= 0.6 is 27.5 Å². The van der Waals surface area contributed by atoms with Gasteiger partial charge in [0.25, 0.3) is 5.91 Å². The molecule has 18 heavy (non-hydrogen) atoms. The summed E-state index contributed by atoms with van der Waals surface area (Å²) in [5.41, 5.74) is 1.44. The van der Waals surface area contributed by atoms with Crippen LogP contribution in [0, 0.1) is 6.92 Å². The molecule has 0 unspecified atom stereocenters. The molecule has 0 saturated heterocycles. The van der Waals surface area contributed by atoms with E-state index in [0.29, 0.717) is 30.3 Å². The molecule has 5 heteroatoms. The second kappa shape index (κ2) is 8.51. The summed E-state index contributed by atoms with van der Waals surface area (Å²) in [7, 11) is 0. The number of rotatable bonds is 7. The highest BCUT2D eigenvalue weighted by atomic mass is 79.9. The highest BCUT2D eigenvalue weighted by molar-refractivity contribution is 9.09. The van der Waals surface area contributed by atoms with E-state index < -0.39 is 0 Å². The summed E-state index contributed by atoms with van der Waals surface area (Å²) in [5, 5.41) is 4.30. The number of hydrogen-bond acceptors (Lipinski definition) is 2. The molecular weight excluding hydrogens is 318 g/mol. The molecule has 100 valence electrons. The predicted molar refractivity (Wildman–Crippen MR) is 77.8 cm³/mol. The van der Waals surface area contributed by atoms with Gasteiger partial charge in [-0.05, 0) is 31.0 Å². The van der Waals surface area contributed by atoms with Gasteiger partial charge in [0.05, 0.1) is 6.61 Å². The first-order valence-corrected chi connectivity index (χ1v) is 7.33. The van der Waals surface area contributed by atoms with Gasteiger partial charge in [0.2, 0.25) is 0 Å². The summed E-state index contributed by atoms with van der Waals surface area (Å²) in [6.45, 7) is 3.80. The average Bonchev–Trinajstić information content (AvgIpc) is 2.36. The van der Waals surface area contributed by atoms with E-state index in [0.717, 1.165) is 17.3 Å². The second-order valence-corrected chi connectivity index (χ2v) is 5.02. The van der Waals surface area contributed by atoms with Gasteiger partial charge in [-0.1, -0.05) is 33.6 Å². The summed E-state index contributed by atoms with van der Waals surface area (Å²) in [5.74, 6) is -0.0875. The van der Waals surface area contributed by atoms with Gasteiger partial charge in [0.15, 0.2) is 0 Å². The number of nitrogens with one attached hydrogen (secondary N) is 1. The lowest BCUT2D eigenvalue weighted by molar-refractivity contribution is 0.0944. The Morgan fingerprint density at radius 3 is 2.94 bits per heavy atom. The van der Waals surface area contributed by atoms with Gasteiger partial charge >= 0.3 is 0 Å². The van der Waals surface area contributed by atoms with Crippen LogP contribution < -0.4 is 5.32 Å². The van der Waals surface area contributed by atoms with E-state index >= 15 is 0 Å². The van der Waals surface area contributed by atoms with Crippen LogP contribution in [-0.2, 0) is 4.74 Å². The third kappa shape index (κ3) is 4.96. The van der Waals surface area contributed by atoms with Gasteiger partial charge < -0.3 is 10.1 Å². The van der Waals surface area contributed by atoms with Gasteiger partial charge in [-0.3, -0.25) is 4.79 Å². The van der Waals surface area contributed by atoms with Crippen LogP contribution in [0.3, 0.4) is 0 Å². The van der Waals surface area contributed by atoms with Gasteiger partial charge in [-0.15, -0.1) is 0 Å². The Hall–Kier alpha value is -0.580. The third-order valence-corrected chi connectivity index (χ3v) is 3.22. The summed E-state index contributed by atoms with van der Waals surface area (Å²) in [6.07, 6.45) is 0.804. The van der Waals surface area contributed by atoms with Crippen molar-refractivity contribution in [3.63, 3.8) is 0 Å². The van der Waals surface area contributed by atoms with Crippen molar-refractivity contribution in [2.75, 3.05) is 25.1 Å². The van der Waals surface area contributed by atoms with E-state index in [-0.39, 0.29) is 5.91 Å². The van der Waals surface area contributed by atoms with Gasteiger partial charge in [0.1, 0.15) is 0 Å². The first kappa shape index (κ1) is 15.5. The Morgan fingerprint density at radius 2 is 2.22 bits per heavy atom. The number of halogens is 2. The first-order chi connectivity index (χ1) is 8.66. The van der Waals surface area contributed by atoms with Crippen molar-refractivity contribution in [3.05, 3.63) is 34.3 Å². The van der Waals surface area contributed by atoms with E-state index in [2.05, 4.69) is 21.2 Å². The molecule has 1 rings (SSSR count). The number of hydrogen-bond donors (Lipinski definition) is 1. The highest BCUT2D eigenvalue weighted by Gasteiger charge is 2.09. The van der Waals surface area contributed by atoms with E-state index in [9.17, 15) is 4.79 Å². The summed E-state index contributed by atoms with van der Waals surface area (Å²) >= 11 is 9.25. The van der Waals surface area contributed by atoms with Crippen molar-refractivity contribution in [1.29, 1.82) is 0 Å². The maximum Gasteiger partial charge on any atom is 0.251 e. The largest absolute Gasteiger partial charge is 0.381 e. The molecule has 3 nitrogen and oxygen atoms in total. The molecule has 1 amide bonds. The van der Waals surface area contributed by atoms with Crippen LogP contribution in [0.2, 0.25) is 5.02 Å². The van der Waals surface area contributed by atoms with E-state index in [1.54, 1.807) is 18.2 Å². The standard InChI is InChI=1S/C13H17BrClNO2/c1-10-11(4-2-5-12(10)15)13(17)16-7-3-8-18-9-6-14/h2,4-5H,3,6-9H2,1H3,(H,16,17). The Kier molecular flexibility index (Phi) is 7.32. The van der Waals surface area contributed by atoms with Gasteiger partial charge in [-0.2, -0.15) is 0 Å².